The second-order valence-electron chi connectivity index (χ2n) is 10.2. The second kappa shape index (κ2) is 9.87. The van der Waals surface area contributed by atoms with E-state index in [1.807, 2.05) is 91.0 Å². The fourth-order valence-corrected chi connectivity index (χ4v) is 6.10. The van der Waals surface area contributed by atoms with E-state index < -0.39 is 12.9 Å². The molecular formula is C40H28N2. The fraction of sp³-hybridized carbons (Fsp3) is 0.0250. The monoisotopic (exact) mass is 544 g/mol. The summed E-state index contributed by atoms with van der Waals surface area (Å²) in [6.07, 6.45) is 0. The van der Waals surface area contributed by atoms with E-state index >= 15 is 0 Å². The molecule has 42 heavy (non-hydrogen) atoms. The van der Waals surface area contributed by atoms with Crippen molar-refractivity contribution in [3.8, 4) is 39.1 Å². The smallest absolute Gasteiger partial charge is 0.111 e. The normalized spacial score (nSPS) is 14.5. The van der Waals surface area contributed by atoms with Crippen LogP contribution in [0, 0.1) is 6.85 Å². The molecule has 8 rings (SSSR count). The van der Waals surface area contributed by atoms with E-state index in [2.05, 4.69) is 29.2 Å². The van der Waals surface area contributed by atoms with E-state index in [1.54, 1.807) is 10.6 Å². The minimum atomic E-state index is -2.47. The number of benzene rings is 7. The number of para-hydroxylation sites is 3. The summed E-state index contributed by atoms with van der Waals surface area (Å²) in [5.74, 6) is -0.0131. The molecule has 2 heteroatoms. The van der Waals surface area contributed by atoms with Crippen molar-refractivity contribution >= 4 is 32.6 Å². The Hall–Kier alpha value is -5.47. The highest BCUT2D eigenvalue weighted by molar-refractivity contribution is 6.22. The van der Waals surface area contributed by atoms with E-state index in [4.69, 9.17) is 11.0 Å². The summed E-state index contributed by atoms with van der Waals surface area (Å²) in [5.41, 5.74) is 6.19. The van der Waals surface area contributed by atoms with Crippen molar-refractivity contribution in [2.75, 3.05) is 0 Å². The summed E-state index contributed by atoms with van der Waals surface area (Å²) < 4.78 is 68.7. The van der Waals surface area contributed by atoms with Gasteiger partial charge in [-0.3, -0.25) is 4.57 Å². The van der Waals surface area contributed by atoms with Gasteiger partial charge in [-0.1, -0.05) is 127 Å². The van der Waals surface area contributed by atoms with Crippen LogP contribution in [-0.2, 0) is 0 Å². The first kappa shape index (κ1) is 17.4. The zero-order valence-corrected chi connectivity index (χ0v) is 22.4. The van der Waals surface area contributed by atoms with E-state index in [-0.39, 0.29) is 35.6 Å². The molecule has 0 aliphatic carbocycles. The molecule has 0 atom stereocenters. The average molecular weight is 545 g/mol. The van der Waals surface area contributed by atoms with Crippen molar-refractivity contribution in [2.24, 2.45) is 0 Å². The van der Waals surface area contributed by atoms with Crippen LogP contribution in [0.25, 0.3) is 71.6 Å². The van der Waals surface area contributed by atoms with E-state index in [1.165, 1.54) is 0 Å². The molecule has 0 N–H and O–H groups in total. The Bertz CT molecular complexity index is 2570. The number of nitrogens with zero attached hydrogens (tertiary/aromatic N) is 2. The molecule has 1 aromatic heterocycles. The Balaban J connectivity index is 1.44. The number of fused-ring (bicyclic) bond motifs is 3. The van der Waals surface area contributed by atoms with Crippen LogP contribution < -0.4 is 0 Å². The van der Waals surface area contributed by atoms with Crippen molar-refractivity contribution in [1.82, 2.24) is 9.55 Å². The maximum absolute atomic E-state index is 8.60. The molecule has 0 amide bonds. The summed E-state index contributed by atoms with van der Waals surface area (Å²) in [6.45, 7) is -2.47. The SMILES string of the molecule is [2H]c1c([2H])c([2H])c(-c2cccc(-c3c4ccccc4c(-c4ccccc4-n4c(C([2H])([2H])[2H])nc5ccccc54)c4ccccc34)c2)c([2H])c1[2H]. The number of aromatic nitrogens is 2. The van der Waals surface area contributed by atoms with Crippen molar-refractivity contribution in [3.63, 3.8) is 0 Å². The third kappa shape index (κ3) is 3.84. The lowest BCUT2D eigenvalue weighted by molar-refractivity contribution is 1.00. The Morgan fingerprint density at radius 3 is 1.93 bits per heavy atom. The topological polar surface area (TPSA) is 17.8 Å². The van der Waals surface area contributed by atoms with Crippen LogP contribution in [0.15, 0.2) is 152 Å². The maximum atomic E-state index is 8.60. The van der Waals surface area contributed by atoms with Gasteiger partial charge in [-0.15, -0.1) is 0 Å². The van der Waals surface area contributed by atoms with Crippen LogP contribution in [-0.4, -0.2) is 9.55 Å². The largest absolute Gasteiger partial charge is 0.296 e. The van der Waals surface area contributed by atoms with Gasteiger partial charge in [0.15, 0.2) is 0 Å². The number of hydrogen-bond acceptors (Lipinski definition) is 1. The number of imidazole rings is 1. The van der Waals surface area contributed by atoms with Crippen LogP contribution in [0.4, 0.5) is 0 Å². The molecule has 1 heterocycles. The molecule has 0 saturated heterocycles. The predicted octanol–water partition coefficient (Wildman–Crippen LogP) is 10.6. The van der Waals surface area contributed by atoms with Crippen LogP contribution in [0.1, 0.15) is 16.8 Å². The molecule has 7 aromatic carbocycles. The molecular weight excluding hydrogens is 508 g/mol. The number of rotatable bonds is 4. The lowest BCUT2D eigenvalue weighted by atomic mass is 9.85. The first-order valence-corrected chi connectivity index (χ1v) is 13.7. The second-order valence-corrected chi connectivity index (χ2v) is 10.2. The average Bonchev–Trinajstić information content (AvgIpc) is 3.53. The quantitative estimate of drug-likeness (QED) is 0.202. The van der Waals surface area contributed by atoms with Gasteiger partial charge in [0, 0.05) is 9.68 Å². The molecule has 8 aromatic rings. The lowest BCUT2D eigenvalue weighted by Crippen LogP contribution is -2.00. The van der Waals surface area contributed by atoms with Gasteiger partial charge in [0.1, 0.15) is 5.82 Å². The zero-order chi connectivity index (χ0) is 34.9. The Morgan fingerprint density at radius 1 is 0.571 bits per heavy atom. The van der Waals surface area contributed by atoms with Gasteiger partial charge in [-0.05, 0) is 80.5 Å². The van der Waals surface area contributed by atoms with Crippen LogP contribution in [0.2, 0.25) is 0 Å². The minimum absolute atomic E-state index is 0.0131. The number of hydrogen-bond donors (Lipinski definition) is 0. The molecule has 0 radical (unpaired) electrons. The van der Waals surface area contributed by atoms with Crippen molar-refractivity contribution in [1.29, 1.82) is 0 Å². The summed E-state index contributed by atoms with van der Waals surface area (Å²) in [4.78, 5) is 4.57. The Labute approximate surface area is 256 Å². The third-order valence-electron chi connectivity index (χ3n) is 7.85. The summed E-state index contributed by atoms with van der Waals surface area (Å²) in [5, 5.41) is 3.78. The molecule has 2 nitrogen and oxygen atoms in total. The van der Waals surface area contributed by atoms with Gasteiger partial charge in [0.2, 0.25) is 0 Å². The Morgan fingerprint density at radius 2 is 1.19 bits per heavy atom. The lowest BCUT2D eigenvalue weighted by Gasteiger charge is -2.20. The van der Waals surface area contributed by atoms with Gasteiger partial charge in [-0.2, -0.15) is 0 Å². The molecule has 0 bridgehead atoms. The molecule has 198 valence electrons. The molecule has 0 aliphatic rings. The predicted molar refractivity (Wildman–Crippen MR) is 177 cm³/mol. The first-order chi connectivity index (χ1) is 24.1. The Kier molecular flexibility index (Phi) is 4.08. The highest BCUT2D eigenvalue weighted by Crippen LogP contribution is 2.45. The molecule has 0 unspecified atom stereocenters. The van der Waals surface area contributed by atoms with Crippen molar-refractivity contribution < 1.29 is 11.0 Å². The zero-order valence-electron chi connectivity index (χ0n) is 30.4. The summed E-state index contributed by atoms with van der Waals surface area (Å²) in [7, 11) is 0. The van der Waals surface area contributed by atoms with Gasteiger partial charge >= 0.3 is 0 Å². The summed E-state index contributed by atoms with van der Waals surface area (Å²) >= 11 is 0. The van der Waals surface area contributed by atoms with E-state index in [9.17, 15) is 0 Å². The maximum Gasteiger partial charge on any atom is 0.111 e. The van der Waals surface area contributed by atoms with Gasteiger partial charge < -0.3 is 0 Å². The van der Waals surface area contributed by atoms with Gasteiger partial charge in [0.25, 0.3) is 0 Å². The van der Waals surface area contributed by atoms with Gasteiger partial charge in [0.05, 0.1) is 23.6 Å². The van der Waals surface area contributed by atoms with Crippen molar-refractivity contribution in [3.05, 3.63) is 157 Å². The van der Waals surface area contributed by atoms with Crippen LogP contribution >= 0.6 is 0 Å². The third-order valence-corrected chi connectivity index (χ3v) is 7.85. The first-order valence-electron chi connectivity index (χ1n) is 17.7. The van der Waals surface area contributed by atoms with E-state index in [0.29, 0.717) is 22.3 Å². The fourth-order valence-electron chi connectivity index (χ4n) is 6.10. The highest BCUT2D eigenvalue weighted by Gasteiger charge is 2.20. The summed E-state index contributed by atoms with van der Waals surface area (Å²) in [6, 6.07) is 37.2. The van der Waals surface area contributed by atoms with Crippen LogP contribution in [0.3, 0.4) is 0 Å². The number of aryl methyl sites for hydroxylation is 1. The molecule has 0 spiro atoms. The standard InChI is InChI=1S/C40H28N2/c1-27-41-36-23-10-12-25-38(36)42(27)37-24-11-9-22-35(37)40-33-20-7-5-18-31(33)39(32-19-6-8-21-34(32)40)30-17-13-16-29(26-30)28-14-3-2-4-15-28/h2-26H,1H3/i1D3,2D,3D,4D,14D,15D. The highest BCUT2D eigenvalue weighted by atomic mass is 15.1. The van der Waals surface area contributed by atoms with Gasteiger partial charge in [-0.25, -0.2) is 4.98 Å². The molecule has 0 fully saturated rings. The molecule has 0 saturated carbocycles. The minimum Gasteiger partial charge on any atom is -0.296 e. The van der Waals surface area contributed by atoms with Crippen molar-refractivity contribution in [2.45, 2.75) is 6.85 Å². The van der Waals surface area contributed by atoms with Crippen LogP contribution in [0.5, 0.6) is 0 Å². The molecule has 0 aliphatic heterocycles. The van der Waals surface area contributed by atoms with E-state index in [0.717, 1.165) is 43.8 Å².